The molecule has 0 spiro atoms. The molecular weight excluding hydrogens is 421 g/mol. The van der Waals surface area contributed by atoms with E-state index in [9.17, 15) is 9.18 Å². The van der Waals surface area contributed by atoms with Crippen LogP contribution in [0.4, 0.5) is 15.8 Å². The van der Waals surface area contributed by atoms with Gasteiger partial charge >= 0.3 is 0 Å². The van der Waals surface area contributed by atoms with Gasteiger partial charge < -0.3 is 20.4 Å². The molecule has 0 saturated heterocycles. The number of carbonyl (C=O) groups excluding carboxylic acids is 1. The van der Waals surface area contributed by atoms with E-state index >= 15 is 0 Å². The van der Waals surface area contributed by atoms with Gasteiger partial charge in [0, 0.05) is 46.7 Å². The number of nitrogens with one attached hydrogen (secondary N) is 3. The average molecular weight is 443 g/mol. The number of ether oxygens (including phenoxy) is 1. The predicted octanol–water partition coefficient (Wildman–Crippen LogP) is 4.81. The number of pyridine rings is 2. The number of halogens is 1. The highest BCUT2D eigenvalue weighted by Gasteiger charge is 2.43. The molecule has 0 unspecified atom stereocenters. The Hall–Kier alpha value is -3.94. The smallest absolute Gasteiger partial charge is 0.255 e. The lowest BCUT2D eigenvalue weighted by molar-refractivity contribution is 0.0878. The van der Waals surface area contributed by atoms with Crippen LogP contribution in [0.2, 0.25) is 0 Å². The topological polar surface area (TPSA) is 91.9 Å². The fourth-order valence-corrected chi connectivity index (χ4v) is 4.82. The standard InChI is InChI=1S/C25H22FN5O2/c1-12-15(26)4-3-5-16(12)28-24-20-22(13-6-7-17(13)29-25(20)32)31-23(24)14-10-11-27-18-8-9-19(33-2)30-21(14)18/h3-5,8-11,13,17,28,31H,6-7H2,1-2H3,(H,29,32)/t13-,17+/m0/s1. The Labute approximate surface area is 189 Å². The van der Waals surface area contributed by atoms with Crippen molar-refractivity contribution in [2.24, 2.45) is 0 Å². The van der Waals surface area contributed by atoms with Crippen LogP contribution in [0.15, 0.2) is 42.6 Å². The minimum absolute atomic E-state index is 0.131. The second kappa shape index (κ2) is 7.30. The van der Waals surface area contributed by atoms with Crippen LogP contribution in [-0.2, 0) is 0 Å². The van der Waals surface area contributed by atoms with Crippen LogP contribution >= 0.6 is 0 Å². The number of aromatic nitrogens is 3. The predicted molar refractivity (Wildman–Crippen MR) is 124 cm³/mol. The molecule has 3 aromatic heterocycles. The van der Waals surface area contributed by atoms with Crippen molar-refractivity contribution in [3.05, 3.63) is 65.2 Å². The quantitative estimate of drug-likeness (QED) is 0.421. The summed E-state index contributed by atoms with van der Waals surface area (Å²) in [6, 6.07) is 10.5. The third kappa shape index (κ3) is 2.97. The Morgan fingerprint density at radius 2 is 2.06 bits per heavy atom. The third-order valence-electron chi connectivity index (χ3n) is 6.78. The molecule has 8 heteroatoms. The Morgan fingerprint density at radius 3 is 2.85 bits per heavy atom. The number of amides is 1. The molecule has 1 fully saturated rings. The van der Waals surface area contributed by atoms with Crippen LogP contribution in [0, 0.1) is 12.7 Å². The number of anilines is 2. The number of hydrogen-bond acceptors (Lipinski definition) is 5. The van der Waals surface area contributed by atoms with Gasteiger partial charge in [-0.15, -0.1) is 0 Å². The van der Waals surface area contributed by atoms with Gasteiger partial charge in [0.25, 0.3) is 5.91 Å². The second-order valence-corrected chi connectivity index (χ2v) is 8.54. The summed E-state index contributed by atoms with van der Waals surface area (Å²) in [5, 5.41) is 6.48. The van der Waals surface area contributed by atoms with E-state index in [-0.39, 0.29) is 23.7 Å². The number of hydrogen-bond donors (Lipinski definition) is 3. The Kier molecular flexibility index (Phi) is 4.36. The molecule has 1 amide bonds. The summed E-state index contributed by atoms with van der Waals surface area (Å²) in [5.41, 5.74) is 6.05. The first-order valence-electron chi connectivity index (χ1n) is 10.9. The van der Waals surface area contributed by atoms with Crippen molar-refractivity contribution >= 4 is 28.3 Å². The molecule has 7 nitrogen and oxygen atoms in total. The number of rotatable bonds is 4. The maximum absolute atomic E-state index is 14.3. The molecule has 166 valence electrons. The lowest BCUT2D eigenvalue weighted by atomic mass is 9.74. The van der Waals surface area contributed by atoms with E-state index < -0.39 is 0 Å². The fourth-order valence-electron chi connectivity index (χ4n) is 4.82. The SMILES string of the molecule is COc1ccc2nccc(-c3[nH]c4c(c3Nc3cccc(F)c3C)C(=O)N[C@@H]3CC[C@H]43)c2n1. The van der Waals surface area contributed by atoms with Crippen molar-refractivity contribution < 1.29 is 13.9 Å². The zero-order valence-corrected chi connectivity index (χ0v) is 18.2. The van der Waals surface area contributed by atoms with Gasteiger partial charge in [-0.2, -0.15) is 0 Å². The van der Waals surface area contributed by atoms with Crippen LogP contribution in [-0.4, -0.2) is 34.0 Å². The largest absolute Gasteiger partial charge is 0.481 e. The number of H-pyrrole nitrogens is 1. The lowest BCUT2D eigenvalue weighted by Gasteiger charge is -2.40. The summed E-state index contributed by atoms with van der Waals surface area (Å²) in [5.74, 6) is 0.265. The zero-order valence-electron chi connectivity index (χ0n) is 18.2. The van der Waals surface area contributed by atoms with E-state index in [1.54, 1.807) is 38.4 Å². The molecular formula is C25H22FN5O2. The lowest BCUT2D eigenvalue weighted by Crippen LogP contribution is -2.49. The number of carbonyl (C=O) groups is 1. The van der Waals surface area contributed by atoms with Gasteiger partial charge in [-0.1, -0.05) is 6.07 Å². The first kappa shape index (κ1) is 19.7. The van der Waals surface area contributed by atoms with Gasteiger partial charge in [-0.3, -0.25) is 9.78 Å². The highest BCUT2D eigenvalue weighted by Crippen LogP contribution is 2.47. The minimum atomic E-state index is -0.310. The summed E-state index contributed by atoms with van der Waals surface area (Å²) in [6.45, 7) is 1.72. The van der Waals surface area contributed by atoms with Crippen molar-refractivity contribution in [2.45, 2.75) is 31.7 Å². The zero-order chi connectivity index (χ0) is 22.7. The molecule has 4 aromatic rings. The van der Waals surface area contributed by atoms with Gasteiger partial charge in [0.15, 0.2) is 0 Å². The summed E-state index contributed by atoms with van der Waals surface area (Å²) < 4.78 is 19.6. The number of fused-ring (bicyclic) bond motifs is 4. The normalized spacial score (nSPS) is 18.8. The molecule has 1 aromatic carbocycles. The van der Waals surface area contributed by atoms with Crippen molar-refractivity contribution in [3.8, 4) is 17.1 Å². The first-order valence-corrected chi connectivity index (χ1v) is 10.9. The monoisotopic (exact) mass is 443 g/mol. The van der Waals surface area contributed by atoms with Crippen LogP contribution < -0.4 is 15.4 Å². The molecule has 1 aliphatic heterocycles. The molecule has 0 bridgehead atoms. The minimum Gasteiger partial charge on any atom is -0.481 e. The Balaban J connectivity index is 1.61. The van der Waals surface area contributed by atoms with Crippen LogP contribution in [0.1, 0.15) is 40.4 Å². The van der Waals surface area contributed by atoms with E-state index in [0.717, 1.165) is 29.8 Å². The van der Waals surface area contributed by atoms with E-state index in [2.05, 4.69) is 25.6 Å². The third-order valence-corrected chi connectivity index (χ3v) is 6.78. The van der Waals surface area contributed by atoms with Gasteiger partial charge in [0.2, 0.25) is 5.88 Å². The van der Waals surface area contributed by atoms with Crippen LogP contribution in [0.25, 0.3) is 22.3 Å². The van der Waals surface area contributed by atoms with Gasteiger partial charge in [-0.25, -0.2) is 9.37 Å². The molecule has 2 aliphatic rings. The number of methoxy groups -OCH3 is 1. The maximum Gasteiger partial charge on any atom is 0.255 e. The van der Waals surface area contributed by atoms with Crippen molar-refractivity contribution in [1.82, 2.24) is 20.3 Å². The van der Waals surface area contributed by atoms with E-state index in [1.807, 2.05) is 12.1 Å². The molecule has 1 saturated carbocycles. The summed E-state index contributed by atoms with van der Waals surface area (Å²) >= 11 is 0. The molecule has 6 rings (SSSR count). The van der Waals surface area contributed by atoms with Crippen LogP contribution in [0.5, 0.6) is 5.88 Å². The average Bonchev–Trinajstić information content (AvgIpc) is 3.16. The van der Waals surface area contributed by atoms with E-state index in [1.165, 1.54) is 6.07 Å². The van der Waals surface area contributed by atoms with Crippen molar-refractivity contribution in [1.29, 1.82) is 0 Å². The Bertz CT molecular complexity index is 1430. The fraction of sp³-hybridized carbons (Fsp3) is 0.240. The van der Waals surface area contributed by atoms with Crippen molar-refractivity contribution in [2.75, 3.05) is 12.4 Å². The van der Waals surface area contributed by atoms with Gasteiger partial charge in [0.05, 0.1) is 29.6 Å². The molecule has 3 N–H and O–H groups in total. The summed E-state index contributed by atoms with van der Waals surface area (Å²) in [4.78, 5) is 25.8. The summed E-state index contributed by atoms with van der Waals surface area (Å²) in [7, 11) is 1.57. The first-order chi connectivity index (χ1) is 16.0. The number of nitrogens with zero attached hydrogens (tertiary/aromatic N) is 2. The molecule has 4 heterocycles. The summed E-state index contributed by atoms with van der Waals surface area (Å²) in [6.07, 6.45) is 3.68. The van der Waals surface area contributed by atoms with E-state index in [0.29, 0.717) is 39.4 Å². The van der Waals surface area contributed by atoms with Gasteiger partial charge in [0.1, 0.15) is 11.3 Å². The van der Waals surface area contributed by atoms with Gasteiger partial charge in [-0.05, 0) is 44.0 Å². The van der Waals surface area contributed by atoms with E-state index in [4.69, 9.17) is 4.74 Å². The highest BCUT2D eigenvalue weighted by molar-refractivity contribution is 6.08. The second-order valence-electron chi connectivity index (χ2n) is 8.54. The Morgan fingerprint density at radius 1 is 1.18 bits per heavy atom. The molecule has 2 atom stereocenters. The highest BCUT2D eigenvalue weighted by atomic mass is 19.1. The number of benzene rings is 1. The molecule has 33 heavy (non-hydrogen) atoms. The molecule has 1 aliphatic carbocycles. The van der Waals surface area contributed by atoms with Crippen molar-refractivity contribution in [3.63, 3.8) is 0 Å². The van der Waals surface area contributed by atoms with Crippen LogP contribution in [0.3, 0.4) is 0 Å². The molecule has 0 radical (unpaired) electrons. The number of aromatic amines is 1. The maximum atomic E-state index is 14.3.